The highest BCUT2D eigenvalue weighted by Crippen LogP contribution is 2.36. The normalized spacial score (nSPS) is 28.0. The minimum atomic E-state index is -0.830. The first kappa shape index (κ1) is 13.6. The molecule has 0 radical (unpaired) electrons. The fraction of sp³-hybridized carbons (Fsp3) is 0.500. The van der Waals surface area contributed by atoms with Gasteiger partial charge < -0.3 is 14.4 Å². The van der Waals surface area contributed by atoms with E-state index in [2.05, 4.69) is 15.6 Å². The van der Waals surface area contributed by atoms with Crippen LogP contribution in [0.1, 0.15) is 24.7 Å². The van der Waals surface area contributed by atoms with E-state index in [1.807, 2.05) is 25.1 Å². The number of morpholine rings is 1. The van der Waals surface area contributed by atoms with Crippen molar-refractivity contribution in [2.75, 3.05) is 13.2 Å². The molecule has 116 valence electrons. The molecular weight excluding hydrogens is 282 g/mol. The summed E-state index contributed by atoms with van der Waals surface area (Å²) in [5, 5.41) is 9.44. The summed E-state index contributed by atoms with van der Waals surface area (Å²) in [4.78, 5) is 17.7. The van der Waals surface area contributed by atoms with Gasteiger partial charge in [0.15, 0.2) is 0 Å². The van der Waals surface area contributed by atoms with E-state index in [-0.39, 0.29) is 18.1 Å². The Morgan fingerprint density at radius 3 is 2.59 bits per heavy atom. The number of fused-ring (bicyclic) bond motifs is 3. The van der Waals surface area contributed by atoms with Crippen molar-refractivity contribution >= 4 is 17.1 Å². The minimum Gasteiger partial charge on any atom is -0.465 e. The lowest BCUT2D eigenvalue weighted by atomic mass is 9.90. The monoisotopic (exact) mass is 301 g/mol. The lowest BCUT2D eigenvalue weighted by molar-refractivity contribution is -0.0709. The molecule has 1 aromatic heterocycles. The van der Waals surface area contributed by atoms with Crippen LogP contribution in [0, 0.1) is 6.92 Å². The number of ether oxygens (including phenoxy) is 1. The van der Waals surface area contributed by atoms with Crippen molar-refractivity contribution in [2.24, 2.45) is 0 Å². The molecular formula is C16H19N3O3. The van der Waals surface area contributed by atoms with Gasteiger partial charge in [-0.05, 0) is 31.9 Å². The van der Waals surface area contributed by atoms with Crippen molar-refractivity contribution in [2.45, 2.75) is 37.9 Å². The van der Waals surface area contributed by atoms with E-state index in [1.165, 1.54) is 0 Å². The van der Waals surface area contributed by atoms with Crippen molar-refractivity contribution < 1.29 is 14.6 Å². The number of aromatic nitrogens is 2. The molecule has 6 heteroatoms. The first-order valence-electron chi connectivity index (χ1n) is 7.67. The topological polar surface area (TPSA) is 67.6 Å². The number of nitrogens with zero attached hydrogens (tertiary/aromatic N) is 3. The summed E-state index contributed by atoms with van der Waals surface area (Å²) in [6.45, 7) is 3.01. The Kier molecular flexibility index (Phi) is 3.07. The Morgan fingerprint density at radius 2 is 1.91 bits per heavy atom. The number of rotatable bonds is 1. The first-order chi connectivity index (χ1) is 10.6. The van der Waals surface area contributed by atoms with Crippen LogP contribution >= 0.6 is 0 Å². The van der Waals surface area contributed by atoms with Crippen LogP contribution in [0.25, 0.3) is 11.0 Å². The average molecular weight is 301 g/mol. The van der Waals surface area contributed by atoms with E-state index in [4.69, 9.17) is 4.74 Å². The number of hydrogen-bond donors (Lipinski definition) is 1. The predicted molar refractivity (Wildman–Crippen MR) is 81.0 cm³/mol. The van der Waals surface area contributed by atoms with Crippen molar-refractivity contribution in [1.29, 1.82) is 0 Å². The minimum absolute atomic E-state index is 0.0597. The Bertz CT molecular complexity index is 712. The third kappa shape index (κ3) is 1.98. The van der Waals surface area contributed by atoms with Crippen LogP contribution in [0.3, 0.4) is 0 Å². The second kappa shape index (κ2) is 4.98. The lowest BCUT2D eigenvalue weighted by Gasteiger charge is -2.47. The molecule has 2 unspecified atom stereocenters. The standard InChI is InChI=1S/C16H19N3O3/c1-10-17-14-4-2-3-5-15(14)18(10)11-6-12-8-22-9-13(7-11)19(12)16(20)21/h2-5,11-13H,6-9H2,1H3,(H,20,21). The van der Waals surface area contributed by atoms with Crippen LogP contribution in [-0.2, 0) is 4.74 Å². The molecule has 0 spiro atoms. The van der Waals surface area contributed by atoms with Crippen LogP contribution in [0.2, 0.25) is 0 Å². The smallest absolute Gasteiger partial charge is 0.407 e. The van der Waals surface area contributed by atoms with Gasteiger partial charge in [-0.1, -0.05) is 12.1 Å². The van der Waals surface area contributed by atoms with Crippen molar-refractivity contribution in [3.63, 3.8) is 0 Å². The van der Waals surface area contributed by atoms with E-state index in [1.54, 1.807) is 4.90 Å². The molecule has 2 atom stereocenters. The maximum Gasteiger partial charge on any atom is 0.407 e. The molecule has 2 saturated heterocycles. The van der Waals surface area contributed by atoms with Crippen molar-refractivity contribution in [1.82, 2.24) is 14.5 Å². The second-order valence-electron chi connectivity index (χ2n) is 6.18. The molecule has 0 saturated carbocycles. The quantitative estimate of drug-likeness (QED) is 0.878. The number of hydrogen-bond acceptors (Lipinski definition) is 3. The molecule has 2 fully saturated rings. The van der Waals surface area contributed by atoms with Gasteiger partial charge in [-0.2, -0.15) is 0 Å². The molecule has 3 heterocycles. The molecule has 1 aromatic carbocycles. The Balaban J connectivity index is 1.72. The molecule has 2 bridgehead atoms. The van der Waals surface area contributed by atoms with Gasteiger partial charge in [-0.3, -0.25) is 4.90 Å². The average Bonchev–Trinajstić information content (AvgIpc) is 2.81. The van der Waals surface area contributed by atoms with E-state index in [0.717, 1.165) is 29.7 Å². The summed E-state index contributed by atoms with van der Waals surface area (Å²) in [6.07, 6.45) is 0.734. The van der Waals surface area contributed by atoms with Crippen molar-refractivity contribution in [3.05, 3.63) is 30.1 Å². The summed E-state index contributed by atoms with van der Waals surface area (Å²) < 4.78 is 7.85. The van der Waals surface area contributed by atoms with Gasteiger partial charge in [0.2, 0.25) is 0 Å². The van der Waals surface area contributed by atoms with Gasteiger partial charge >= 0.3 is 6.09 Å². The summed E-state index contributed by atoms with van der Waals surface area (Å²) >= 11 is 0. The highest BCUT2D eigenvalue weighted by atomic mass is 16.5. The molecule has 6 nitrogen and oxygen atoms in total. The third-order valence-electron chi connectivity index (χ3n) is 4.85. The zero-order valence-corrected chi connectivity index (χ0v) is 12.5. The van der Waals surface area contributed by atoms with Crippen LogP contribution in [0.4, 0.5) is 4.79 Å². The maximum atomic E-state index is 11.5. The third-order valence-corrected chi connectivity index (χ3v) is 4.85. The zero-order valence-electron chi connectivity index (χ0n) is 12.5. The highest BCUT2D eigenvalue weighted by molar-refractivity contribution is 5.76. The molecule has 2 aliphatic rings. The Morgan fingerprint density at radius 1 is 1.23 bits per heavy atom. The van der Waals surface area contributed by atoms with Crippen molar-refractivity contribution in [3.8, 4) is 0 Å². The molecule has 0 aliphatic carbocycles. The SMILES string of the molecule is Cc1nc2ccccc2n1C1CC2COCC(C1)N2C(=O)O. The number of imidazole rings is 1. The van der Waals surface area contributed by atoms with Crippen LogP contribution in [-0.4, -0.2) is 50.9 Å². The molecule has 4 rings (SSSR count). The van der Waals surface area contributed by atoms with Gasteiger partial charge in [0, 0.05) is 6.04 Å². The van der Waals surface area contributed by atoms with E-state index in [0.29, 0.717) is 13.2 Å². The Labute approximate surface area is 128 Å². The highest BCUT2D eigenvalue weighted by Gasteiger charge is 2.42. The number of carbonyl (C=O) groups is 1. The lowest BCUT2D eigenvalue weighted by Crippen LogP contribution is -2.58. The maximum absolute atomic E-state index is 11.5. The van der Waals surface area contributed by atoms with Gasteiger partial charge in [-0.25, -0.2) is 9.78 Å². The second-order valence-corrected chi connectivity index (χ2v) is 6.18. The van der Waals surface area contributed by atoms with E-state index in [9.17, 15) is 9.90 Å². The fourth-order valence-electron chi connectivity index (χ4n) is 4.04. The van der Waals surface area contributed by atoms with Crippen LogP contribution < -0.4 is 0 Å². The van der Waals surface area contributed by atoms with Crippen LogP contribution in [0.5, 0.6) is 0 Å². The van der Waals surface area contributed by atoms with Gasteiger partial charge in [0.25, 0.3) is 0 Å². The van der Waals surface area contributed by atoms with Gasteiger partial charge in [0.1, 0.15) is 5.82 Å². The summed E-state index contributed by atoms with van der Waals surface area (Å²) in [5.74, 6) is 0.994. The summed E-state index contributed by atoms with van der Waals surface area (Å²) in [5.41, 5.74) is 2.13. The summed E-state index contributed by atoms with van der Waals surface area (Å²) in [6, 6.07) is 8.29. The molecule has 1 amide bonds. The molecule has 22 heavy (non-hydrogen) atoms. The number of amides is 1. The Hall–Kier alpha value is -2.08. The predicted octanol–water partition coefficient (Wildman–Crippen LogP) is 2.43. The van der Waals surface area contributed by atoms with E-state index >= 15 is 0 Å². The molecule has 2 aliphatic heterocycles. The molecule has 2 aromatic rings. The number of aryl methyl sites for hydroxylation is 1. The number of para-hydroxylation sites is 2. The van der Waals surface area contributed by atoms with Gasteiger partial charge in [0.05, 0.1) is 36.3 Å². The fourth-order valence-corrected chi connectivity index (χ4v) is 4.04. The van der Waals surface area contributed by atoms with E-state index < -0.39 is 6.09 Å². The number of carboxylic acid groups (broad SMARTS) is 1. The number of piperidine rings is 1. The van der Waals surface area contributed by atoms with Crippen LogP contribution in [0.15, 0.2) is 24.3 Å². The zero-order chi connectivity index (χ0) is 15.3. The summed E-state index contributed by atoms with van der Waals surface area (Å²) in [7, 11) is 0. The first-order valence-corrected chi connectivity index (χ1v) is 7.67. The molecule has 1 N–H and O–H groups in total. The van der Waals surface area contributed by atoms with Gasteiger partial charge in [-0.15, -0.1) is 0 Å². The number of benzene rings is 1. The largest absolute Gasteiger partial charge is 0.465 e.